The molecule has 1 heterocycles. The molecule has 0 saturated carbocycles. The van der Waals surface area contributed by atoms with Crippen LogP contribution in [-0.4, -0.2) is 36.6 Å². The molecule has 0 aliphatic rings. The number of fused-ring (bicyclic) bond motifs is 1. The van der Waals surface area contributed by atoms with Crippen molar-refractivity contribution in [3.05, 3.63) is 52.7 Å². The van der Waals surface area contributed by atoms with Crippen molar-refractivity contribution in [3.63, 3.8) is 0 Å². The number of carbonyl (C=O) groups is 1. The van der Waals surface area contributed by atoms with Gasteiger partial charge in [-0.15, -0.1) is 0 Å². The summed E-state index contributed by atoms with van der Waals surface area (Å²) in [6.07, 6.45) is 0. The maximum atomic E-state index is 12.1. The van der Waals surface area contributed by atoms with E-state index in [0.717, 1.165) is 24.3 Å². The first kappa shape index (κ1) is 20.2. The minimum atomic E-state index is -0.935. The second-order valence-corrected chi connectivity index (χ2v) is 5.74. The van der Waals surface area contributed by atoms with Crippen LogP contribution in [0.2, 0.25) is 0 Å². The lowest BCUT2D eigenvalue weighted by Gasteiger charge is -2.08. The first-order valence-electron chi connectivity index (χ1n) is 7.65. The van der Waals surface area contributed by atoms with Crippen LogP contribution in [0, 0.1) is 0 Å². The number of phenolic OH excluding ortho intramolecular Hbond substituents is 4. The number of aromatic hydroxyl groups is 5. The Kier molecular flexibility index (Phi) is 5.49. The Balaban J connectivity index is 0.000000409. The molecule has 0 fully saturated rings. The third kappa shape index (κ3) is 3.98. The molecule has 0 aliphatic carbocycles. The van der Waals surface area contributed by atoms with E-state index in [2.05, 4.69) is 6.58 Å². The summed E-state index contributed by atoms with van der Waals surface area (Å²) < 4.78 is 5.35. The molecule has 9 heteroatoms. The van der Waals surface area contributed by atoms with Crippen molar-refractivity contribution in [1.82, 2.24) is 0 Å². The van der Waals surface area contributed by atoms with Crippen LogP contribution in [0.4, 0.5) is 0 Å². The standard InChI is InChI=1S/C15H10O7.C4H6O2/c16-7-4-10(19)12-11(5-7)22-15(14(21)13(12)20)6-1-2-8(17)9(18)3-6;1-3(2)4(5)6/h1-5,16-19,21H;1H2,2H3,(H,5,6). The van der Waals surface area contributed by atoms with Crippen molar-refractivity contribution in [3.8, 4) is 40.1 Å². The van der Waals surface area contributed by atoms with Gasteiger partial charge in [-0.3, -0.25) is 4.79 Å². The van der Waals surface area contributed by atoms with Gasteiger partial charge in [0.05, 0.1) is 0 Å². The topological polar surface area (TPSA) is 169 Å². The minimum absolute atomic E-state index is 0.134. The van der Waals surface area contributed by atoms with Gasteiger partial charge >= 0.3 is 5.97 Å². The third-order valence-electron chi connectivity index (χ3n) is 3.54. The Morgan fingerprint density at radius 1 is 0.964 bits per heavy atom. The molecule has 0 bridgehead atoms. The van der Waals surface area contributed by atoms with Crippen molar-refractivity contribution in [1.29, 1.82) is 0 Å². The third-order valence-corrected chi connectivity index (χ3v) is 3.54. The number of hydrogen-bond acceptors (Lipinski definition) is 8. The highest BCUT2D eigenvalue weighted by atomic mass is 16.4. The van der Waals surface area contributed by atoms with Crippen molar-refractivity contribution in [2.45, 2.75) is 6.92 Å². The van der Waals surface area contributed by atoms with Crippen molar-refractivity contribution >= 4 is 16.9 Å². The molecule has 3 rings (SSSR count). The number of hydrogen-bond donors (Lipinski definition) is 6. The second-order valence-electron chi connectivity index (χ2n) is 5.74. The molecule has 146 valence electrons. The fraction of sp³-hybridized carbons (Fsp3) is 0.0526. The van der Waals surface area contributed by atoms with Crippen LogP contribution in [-0.2, 0) is 4.79 Å². The maximum Gasteiger partial charge on any atom is 0.330 e. The summed E-state index contributed by atoms with van der Waals surface area (Å²) in [6, 6.07) is 5.64. The highest BCUT2D eigenvalue weighted by molar-refractivity contribution is 5.88. The van der Waals surface area contributed by atoms with E-state index >= 15 is 0 Å². The average Bonchev–Trinajstić information content (AvgIpc) is 2.60. The number of carboxylic acids is 1. The lowest BCUT2D eigenvalue weighted by atomic mass is 10.1. The van der Waals surface area contributed by atoms with Crippen LogP contribution >= 0.6 is 0 Å². The molecular weight excluding hydrogens is 372 g/mol. The summed E-state index contributed by atoms with van der Waals surface area (Å²) in [4.78, 5) is 21.7. The smallest absolute Gasteiger partial charge is 0.330 e. The van der Waals surface area contributed by atoms with E-state index in [1.807, 2.05) is 0 Å². The van der Waals surface area contributed by atoms with Crippen LogP contribution in [0.15, 0.2) is 51.7 Å². The molecule has 0 atom stereocenters. The average molecular weight is 388 g/mol. The van der Waals surface area contributed by atoms with Crippen LogP contribution in [0.5, 0.6) is 28.7 Å². The second kappa shape index (κ2) is 7.62. The Morgan fingerprint density at radius 2 is 1.57 bits per heavy atom. The van der Waals surface area contributed by atoms with Gasteiger partial charge in [0.25, 0.3) is 0 Å². The summed E-state index contributed by atoms with van der Waals surface area (Å²) in [5, 5.41) is 55.5. The summed E-state index contributed by atoms with van der Waals surface area (Å²) in [7, 11) is 0. The van der Waals surface area contributed by atoms with Gasteiger partial charge in [-0.05, 0) is 25.1 Å². The van der Waals surface area contributed by atoms with Gasteiger partial charge in [0.2, 0.25) is 11.2 Å². The van der Waals surface area contributed by atoms with E-state index in [-0.39, 0.29) is 39.4 Å². The Bertz CT molecular complexity index is 1130. The maximum absolute atomic E-state index is 12.1. The molecular formula is C19H16O9. The summed E-state index contributed by atoms with van der Waals surface area (Å²) in [6.45, 7) is 4.60. The molecule has 0 saturated heterocycles. The largest absolute Gasteiger partial charge is 0.508 e. The lowest BCUT2D eigenvalue weighted by molar-refractivity contribution is -0.132. The van der Waals surface area contributed by atoms with Crippen molar-refractivity contribution in [2.75, 3.05) is 0 Å². The van der Waals surface area contributed by atoms with Gasteiger partial charge < -0.3 is 35.1 Å². The quantitative estimate of drug-likeness (QED) is 0.285. The number of aliphatic carboxylic acids is 1. The fourth-order valence-corrected chi connectivity index (χ4v) is 2.14. The van der Waals surface area contributed by atoms with Gasteiger partial charge in [-0.25, -0.2) is 4.79 Å². The first-order valence-corrected chi connectivity index (χ1v) is 7.65. The molecule has 2 aromatic carbocycles. The molecule has 6 N–H and O–H groups in total. The zero-order valence-corrected chi connectivity index (χ0v) is 14.5. The first-order chi connectivity index (χ1) is 13.0. The van der Waals surface area contributed by atoms with Crippen LogP contribution in [0.3, 0.4) is 0 Å². The summed E-state index contributed by atoms with van der Waals surface area (Å²) in [5.41, 5.74) is -0.714. The van der Waals surface area contributed by atoms with Crippen molar-refractivity contribution in [2.24, 2.45) is 0 Å². The lowest BCUT2D eigenvalue weighted by Crippen LogP contribution is -2.02. The number of phenols is 4. The van der Waals surface area contributed by atoms with E-state index in [1.54, 1.807) is 0 Å². The molecule has 0 aliphatic heterocycles. The van der Waals surface area contributed by atoms with Crippen LogP contribution < -0.4 is 5.43 Å². The minimum Gasteiger partial charge on any atom is -0.508 e. The molecule has 28 heavy (non-hydrogen) atoms. The zero-order valence-electron chi connectivity index (χ0n) is 14.5. The molecule has 1 aromatic heterocycles. The predicted octanol–water partition coefficient (Wildman–Crippen LogP) is 2.64. The molecule has 3 aromatic rings. The van der Waals surface area contributed by atoms with Gasteiger partial charge in [-0.1, -0.05) is 6.58 Å². The number of carboxylic acid groups (broad SMARTS) is 1. The molecule has 0 radical (unpaired) electrons. The Labute approximate surface area is 157 Å². The molecule has 0 amide bonds. The van der Waals surface area contributed by atoms with Gasteiger partial charge in [0.15, 0.2) is 17.3 Å². The van der Waals surface area contributed by atoms with Crippen LogP contribution in [0.1, 0.15) is 6.92 Å². The van der Waals surface area contributed by atoms with Gasteiger partial charge in [-0.2, -0.15) is 0 Å². The molecule has 0 unspecified atom stereocenters. The van der Waals surface area contributed by atoms with E-state index in [1.165, 1.54) is 13.0 Å². The normalized spacial score (nSPS) is 10.2. The summed E-state index contributed by atoms with van der Waals surface area (Å²) >= 11 is 0. The predicted molar refractivity (Wildman–Crippen MR) is 98.7 cm³/mol. The molecule has 0 spiro atoms. The fourth-order valence-electron chi connectivity index (χ4n) is 2.14. The van der Waals surface area contributed by atoms with E-state index in [9.17, 15) is 35.1 Å². The van der Waals surface area contributed by atoms with E-state index in [4.69, 9.17) is 9.52 Å². The summed E-state index contributed by atoms with van der Waals surface area (Å²) in [5.74, 6) is -3.65. The highest BCUT2D eigenvalue weighted by Crippen LogP contribution is 2.37. The highest BCUT2D eigenvalue weighted by Gasteiger charge is 2.19. The van der Waals surface area contributed by atoms with Gasteiger partial charge in [0, 0.05) is 23.3 Å². The van der Waals surface area contributed by atoms with Crippen molar-refractivity contribution < 1.29 is 39.9 Å². The van der Waals surface area contributed by atoms with Gasteiger partial charge in [0.1, 0.15) is 22.5 Å². The Morgan fingerprint density at radius 3 is 2.11 bits per heavy atom. The number of benzene rings is 2. The number of rotatable bonds is 2. The van der Waals surface area contributed by atoms with E-state index < -0.39 is 28.6 Å². The van der Waals surface area contributed by atoms with E-state index in [0.29, 0.717) is 0 Å². The monoisotopic (exact) mass is 388 g/mol. The molecule has 9 nitrogen and oxygen atoms in total. The SMILES string of the molecule is C=C(C)C(=O)O.O=c1c(O)c(-c2ccc(O)c(O)c2)oc2cc(O)cc(O)c12. The zero-order chi connectivity index (χ0) is 21.2. The Hall–Kier alpha value is -4.14. The van der Waals surface area contributed by atoms with Crippen LogP contribution in [0.25, 0.3) is 22.3 Å².